The minimum atomic E-state index is -3.83. The monoisotopic (exact) mass is 464 g/mol. The Morgan fingerprint density at radius 1 is 1.20 bits per heavy atom. The number of sulfonamides is 1. The fourth-order valence-electron chi connectivity index (χ4n) is 2.93. The van der Waals surface area contributed by atoms with Gasteiger partial charge in [0, 0.05) is 17.1 Å². The van der Waals surface area contributed by atoms with E-state index in [1.807, 2.05) is 6.92 Å². The summed E-state index contributed by atoms with van der Waals surface area (Å²) in [5.41, 5.74) is 1.43. The minimum absolute atomic E-state index is 0.0670. The van der Waals surface area contributed by atoms with Crippen LogP contribution in [0.2, 0.25) is 5.02 Å². The molecule has 1 N–H and O–H groups in total. The van der Waals surface area contributed by atoms with E-state index in [9.17, 15) is 13.2 Å². The molecule has 0 aliphatic heterocycles. The number of nitrogens with one attached hydrogen (secondary N) is 1. The molecule has 0 unspecified atom stereocenters. The highest BCUT2D eigenvalue weighted by Crippen LogP contribution is 2.22. The van der Waals surface area contributed by atoms with E-state index in [4.69, 9.17) is 16.1 Å². The van der Waals surface area contributed by atoms with Crippen LogP contribution in [0.3, 0.4) is 0 Å². The maximum atomic E-state index is 12.7. The summed E-state index contributed by atoms with van der Waals surface area (Å²) < 4.78 is 35.2. The summed E-state index contributed by atoms with van der Waals surface area (Å²) in [6.45, 7) is 2.42. The predicted octanol–water partition coefficient (Wildman–Crippen LogP) is 3.65. The Morgan fingerprint density at radius 2 is 1.97 bits per heavy atom. The Labute approximate surface area is 181 Å². The number of halogens is 1. The van der Waals surface area contributed by atoms with Crippen molar-refractivity contribution in [3.63, 3.8) is 0 Å². The van der Waals surface area contributed by atoms with Crippen LogP contribution >= 0.6 is 22.9 Å². The van der Waals surface area contributed by atoms with Gasteiger partial charge >= 0.3 is 4.87 Å². The van der Waals surface area contributed by atoms with Crippen LogP contribution < -0.4 is 9.60 Å². The van der Waals surface area contributed by atoms with Gasteiger partial charge in [0.05, 0.1) is 21.7 Å². The molecule has 2 aromatic carbocycles. The van der Waals surface area contributed by atoms with E-state index in [2.05, 4.69) is 14.9 Å². The number of thiazole rings is 1. The number of fused-ring (bicyclic) bond motifs is 1. The summed E-state index contributed by atoms with van der Waals surface area (Å²) in [6.07, 6.45) is 0.815. The lowest BCUT2D eigenvalue weighted by molar-refractivity contribution is 0.376. The first kappa shape index (κ1) is 20.7. The van der Waals surface area contributed by atoms with Crippen molar-refractivity contribution in [1.82, 2.24) is 19.4 Å². The zero-order valence-corrected chi connectivity index (χ0v) is 18.2. The van der Waals surface area contributed by atoms with Gasteiger partial charge in [-0.1, -0.05) is 35.0 Å². The van der Waals surface area contributed by atoms with Gasteiger partial charge in [-0.2, -0.15) is 4.98 Å². The zero-order valence-electron chi connectivity index (χ0n) is 15.8. The second-order valence-electron chi connectivity index (χ2n) is 6.49. The third kappa shape index (κ3) is 4.17. The summed E-state index contributed by atoms with van der Waals surface area (Å²) in [5, 5.41) is 4.45. The summed E-state index contributed by atoms with van der Waals surface area (Å²) in [6, 6.07) is 11.5. The fourth-order valence-corrected chi connectivity index (χ4v) is 5.09. The standard InChI is InChI=1S/C19H17ClN4O4S2/c1-2-9-24-15-8-7-14(10-16(15)29-19(24)25)30(26,27)21-11-17-22-18(23-28-17)12-3-5-13(20)6-4-12/h3-8,10,21H,2,9,11H2,1H3. The molecule has 8 nitrogen and oxygen atoms in total. The Hall–Kier alpha value is -2.53. The van der Waals surface area contributed by atoms with Gasteiger partial charge in [0.25, 0.3) is 0 Å². The molecule has 0 saturated carbocycles. The van der Waals surface area contributed by atoms with Gasteiger partial charge in [-0.05, 0) is 48.9 Å². The molecular formula is C19H17ClN4O4S2. The van der Waals surface area contributed by atoms with Crippen molar-refractivity contribution in [2.75, 3.05) is 0 Å². The van der Waals surface area contributed by atoms with Gasteiger partial charge in [0.15, 0.2) is 0 Å². The maximum Gasteiger partial charge on any atom is 0.308 e. The molecule has 0 amide bonds. The molecule has 0 spiro atoms. The van der Waals surface area contributed by atoms with Crippen LogP contribution in [0.4, 0.5) is 0 Å². The van der Waals surface area contributed by atoms with E-state index in [1.165, 1.54) is 12.1 Å². The molecule has 0 bridgehead atoms. The summed E-state index contributed by atoms with van der Waals surface area (Å²) >= 11 is 6.90. The second-order valence-corrected chi connectivity index (χ2v) is 9.69. The average Bonchev–Trinajstić information content (AvgIpc) is 3.32. The van der Waals surface area contributed by atoms with Crippen LogP contribution in [0.5, 0.6) is 0 Å². The molecule has 2 aromatic heterocycles. The Kier molecular flexibility index (Phi) is 5.74. The predicted molar refractivity (Wildman–Crippen MR) is 115 cm³/mol. The lowest BCUT2D eigenvalue weighted by atomic mass is 10.2. The topological polar surface area (TPSA) is 107 Å². The third-order valence-corrected chi connectivity index (χ3v) is 6.97. The number of benzene rings is 2. The lowest BCUT2D eigenvalue weighted by Gasteiger charge is -2.05. The smallest absolute Gasteiger partial charge is 0.308 e. The van der Waals surface area contributed by atoms with E-state index < -0.39 is 10.0 Å². The van der Waals surface area contributed by atoms with Crippen molar-refractivity contribution in [2.24, 2.45) is 0 Å². The number of aryl methyl sites for hydroxylation is 1. The Morgan fingerprint density at radius 3 is 2.70 bits per heavy atom. The first-order chi connectivity index (χ1) is 14.4. The molecular weight excluding hydrogens is 448 g/mol. The molecule has 11 heteroatoms. The minimum Gasteiger partial charge on any atom is -0.338 e. The number of hydrogen-bond acceptors (Lipinski definition) is 7. The Balaban J connectivity index is 1.52. The van der Waals surface area contributed by atoms with Gasteiger partial charge in [0.2, 0.25) is 21.7 Å². The quantitative estimate of drug-likeness (QED) is 0.447. The third-order valence-electron chi connectivity index (χ3n) is 4.38. The van der Waals surface area contributed by atoms with E-state index in [-0.39, 0.29) is 22.2 Å². The molecule has 0 aliphatic rings. The van der Waals surface area contributed by atoms with Gasteiger partial charge in [-0.3, -0.25) is 9.36 Å². The number of hydrogen-bond donors (Lipinski definition) is 1. The molecule has 2 heterocycles. The van der Waals surface area contributed by atoms with Gasteiger partial charge in [-0.25, -0.2) is 13.1 Å². The lowest BCUT2D eigenvalue weighted by Crippen LogP contribution is -2.23. The van der Waals surface area contributed by atoms with Gasteiger partial charge in [0.1, 0.15) is 0 Å². The number of aromatic nitrogens is 3. The van der Waals surface area contributed by atoms with Gasteiger partial charge in [-0.15, -0.1) is 0 Å². The first-order valence-electron chi connectivity index (χ1n) is 9.09. The van der Waals surface area contributed by atoms with Crippen molar-refractivity contribution in [3.05, 3.63) is 63.0 Å². The molecule has 4 rings (SSSR count). The van der Waals surface area contributed by atoms with Crippen molar-refractivity contribution < 1.29 is 12.9 Å². The fraction of sp³-hybridized carbons (Fsp3) is 0.211. The summed E-state index contributed by atoms with van der Waals surface area (Å²) in [7, 11) is -3.83. The van der Waals surface area contributed by atoms with E-state index in [1.54, 1.807) is 34.9 Å². The van der Waals surface area contributed by atoms with Crippen LogP contribution in [0.1, 0.15) is 19.2 Å². The molecule has 156 valence electrons. The number of nitrogens with zero attached hydrogens (tertiary/aromatic N) is 3. The van der Waals surface area contributed by atoms with Crippen LogP contribution in [0.25, 0.3) is 21.6 Å². The number of rotatable bonds is 7. The van der Waals surface area contributed by atoms with Crippen LogP contribution in [-0.4, -0.2) is 23.1 Å². The molecule has 0 aliphatic carbocycles. The molecule has 0 saturated heterocycles. The highest BCUT2D eigenvalue weighted by atomic mass is 35.5. The van der Waals surface area contributed by atoms with Crippen LogP contribution in [0, 0.1) is 0 Å². The first-order valence-corrected chi connectivity index (χ1v) is 11.8. The van der Waals surface area contributed by atoms with E-state index in [0.717, 1.165) is 23.3 Å². The molecule has 0 fully saturated rings. The SMILES string of the molecule is CCCn1c(=O)sc2cc(S(=O)(=O)NCc3nc(-c4ccc(Cl)cc4)no3)ccc21. The molecule has 0 atom stereocenters. The van der Waals surface area contributed by atoms with Crippen LogP contribution in [0.15, 0.2) is 56.7 Å². The van der Waals surface area contributed by atoms with Crippen molar-refractivity contribution in [1.29, 1.82) is 0 Å². The van der Waals surface area contributed by atoms with E-state index in [0.29, 0.717) is 27.7 Å². The van der Waals surface area contributed by atoms with Crippen LogP contribution in [-0.2, 0) is 23.1 Å². The maximum absolute atomic E-state index is 12.7. The van der Waals surface area contributed by atoms with Crippen molar-refractivity contribution in [3.8, 4) is 11.4 Å². The summed E-state index contributed by atoms with van der Waals surface area (Å²) in [4.78, 5) is 16.3. The summed E-state index contributed by atoms with van der Waals surface area (Å²) in [5.74, 6) is 0.465. The molecule has 4 aromatic rings. The average molecular weight is 465 g/mol. The zero-order chi connectivity index (χ0) is 21.3. The highest BCUT2D eigenvalue weighted by Gasteiger charge is 2.18. The second kappa shape index (κ2) is 8.31. The largest absolute Gasteiger partial charge is 0.338 e. The molecule has 30 heavy (non-hydrogen) atoms. The highest BCUT2D eigenvalue weighted by molar-refractivity contribution is 7.89. The van der Waals surface area contributed by atoms with E-state index >= 15 is 0 Å². The molecule has 0 radical (unpaired) electrons. The van der Waals surface area contributed by atoms with Gasteiger partial charge < -0.3 is 4.52 Å². The Bertz CT molecular complexity index is 1360. The normalized spacial score (nSPS) is 11.9. The van der Waals surface area contributed by atoms with Crippen molar-refractivity contribution >= 4 is 43.2 Å². The van der Waals surface area contributed by atoms with Crippen molar-refractivity contribution in [2.45, 2.75) is 31.3 Å².